The van der Waals surface area contributed by atoms with E-state index < -0.39 is 10.5 Å². The van der Waals surface area contributed by atoms with Crippen molar-refractivity contribution >= 4 is 23.4 Å². The first-order valence-electron chi connectivity index (χ1n) is 7.74. The van der Waals surface area contributed by atoms with Crippen LogP contribution in [0.4, 0.5) is 10.5 Å². The Hall–Kier alpha value is -2.02. The van der Waals surface area contributed by atoms with E-state index >= 15 is 0 Å². The van der Waals surface area contributed by atoms with Crippen LogP contribution >= 0.6 is 11.6 Å². The van der Waals surface area contributed by atoms with Gasteiger partial charge in [-0.1, -0.05) is 11.6 Å². The number of nitrogens with zero attached hydrogens (tertiary/aromatic N) is 2. The van der Waals surface area contributed by atoms with Crippen LogP contribution in [-0.2, 0) is 4.74 Å². The van der Waals surface area contributed by atoms with Crippen LogP contribution in [-0.4, -0.2) is 40.7 Å². The summed E-state index contributed by atoms with van der Waals surface area (Å²) in [6.45, 7) is 6.35. The van der Waals surface area contributed by atoms with Gasteiger partial charge >= 0.3 is 6.09 Å². The van der Waals surface area contributed by atoms with Gasteiger partial charge < -0.3 is 14.4 Å². The lowest BCUT2D eigenvalue weighted by Gasteiger charge is -2.28. The largest absolute Gasteiger partial charge is 0.490 e. The molecule has 7 nitrogen and oxygen atoms in total. The van der Waals surface area contributed by atoms with Crippen LogP contribution in [0.2, 0.25) is 5.02 Å². The molecule has 0 saturated carbocycles. The number of nitro groups is 1. The number of non-ortho nitro benzene ring substituents is 1. The summed E-state index contributed by atoms with van der Waals surface area (Å²) in [5, 5.41) is 10.9. The van der Waals surface area contributed by atoms with Gasteiger partial charge in [0.1, 0.15) is 18.0 Å². The van der Waals surface area contributed by atoms with Gasteiger partial charge in [-0.3, -0.25) is 10.1 Å². The zero-order chi connectivity index (χ0) is 17.9. The third kappa shape index (κ3) is 4.74. The monoisotopic (exact) mass is 356 g/mol. The van der Waals surface area contributed by atoms with Crippen LogP contribution in [0.25, 0.3) is 0 Å². The fraction of sp³-hybridized carbons (Fsp3) is 0.562. The molecule has 1 aliphatic heterocycles. The van der Waals surface area contributed by atoms with E-state index in [1.165, 1.54) is 18.2 Å². The number of amides is 1. The Morgan fingerprint density at radius 1 is 1.46 bits per heavy atom. The molecule has 1 saturated heterocycles. The topological polar surface area (TPSA) is 81.9 Å². The van der Waals surface area contributed by atoms with E-state index in [0.717, 1.165) is 12.8 Å². The van der Waals surface area contributed by atoms with Crippen LogP contribution in [0.3, 0.4) is 0 Å². The number of rotatable bonds is 4. The second-order valence-corrected chi connectivity index (χ2v) is 7.06. The molecule has 132 valence electrons. The molecule has 1 atom stereocenters. The average molecular weight is 357 g/mol. The summed E-state index contributed by atoms with van der Waals surface area (Å²) >= 11 is 6.01. The van der Waals surface area contributed by atoms with E-state index in [1.54, 1.807) is 4.90 Å². The van der Waals surface area contributed by atoms with Crippen LogP contribution in [0.1, 0.15) is 33.6 Å². The zero-order valence-electron chi connectivity index (χ0n) is 14.0. The number of likely N-dealkylation sites (tertiary alicyclic amines) is 1. The predicted molar refractivity (Wildman–Crippen MR) is 89.6 cm³/mol. The molecule has 1 aromatic rings. The van der Waals surface area contributed by atoms with Gasteiger partial charge in [0.15, 0.2) is 0 Å². The molecule has 0 radical (unpaired) electrons. The third-order valence-electron chi connectivity index (χ3n) is 3.56. The van der Waals surface area contributed by atoms with Gasteiger partial charge in [0.2, 0.25) is 0 Å². The van der Waals surface area contributed by atoms with Crippen LogP contribution in [0, 0.1) is 10.1 Å². The maximum absolute atomic E-state index is 12.2. The number of benzene rings is 1. The summed E-state index contributed by atoms with van der Waals surface area (Å²) in [5.41, 5.74) is -0.643. The normalized spacial score (nSPS) is 17.7. The minimum Gasteiger partial charge on any atom is -0.490 e. The molecule has 0 unspecified atom stereocenters. The van der Waals surface area contributed by atoms with Crippen LogP contribution in [0.15, 0.2) is 18.2 Å². The smallest absolute Gasteiger partial charge is 0.410 e. The first-order chi connectivity index (χ1) is 11.2. The third-order valence-corrected chi connectivity index (χ3v) is 3.86. The van der Waals surface area contributed by atoms with Gasteiger partial charge in [0.05, 0.1) is 16.0 Å². The van der Waals surface area contributed by atoms with Gasteiger partial charge in [0.25, 0.3) is 5.69 Å². The fourth-order valence-electron chi connectivity index (χ4n) is 2.48. The highest BCUT2D eigenvalue weighted by atomic mass is 35.5. The molecule has 8 heteroatoms. The van der Waals surface area contributed by atoms with Gasteiger partial charge in [-0.25, -0.2) is 4.79 Å². The first-order valence-corrected chi connectivity index (χ1v) is 8.11. The Kier molecular flexibility index (Phi) is 5.54. The van der Waals surface area contributed by atoms with Gasteiger partial charge in [0, 0.05) is 18.7 Å². The summed E-state index contributed by atoms with van der Waals surface area (Å²) in [6, 6.07) is 3.94. The maximum atomic E-state index is 12.2. The first kappa shape index (κ1) is 18.3. The minimum atomic E-state index is -0.549. The second-order valence-electron chi connectivity index (χ2n) is 6.65. The Morgan fingerprint density at radius 3 is 2.75 bits per heavy atom. The molecule has 2 rings (SSSR count). The van der Waals surface area contributed by atoms with Crippen molar-refractivity contribution in [1.29, 1.82) is 0 Å². The van der Waals surface area contributed by atoms with Crippen molar-refractivity contribution in [1.82, 2.24) is 4.90 Å². The van der Waals surface area contributed by atoms with E-state index in [1.807, 2.05) is 20.8 Å². The van der Waals surface area contributed by atoms with Gasteiger partial charge in [-0.15, -0.1) is 0 Å². The van der Waals surface area contributed by atoms with Gasteiger partial charge in [-0.2, -0.15) is 0 Å². The van der Waals surface area contributed by atoms with Crippen molar-refractivity contribution in [2.75, 3.05) is 13.2 Å². The van der Waals surface area contributed by atoms with Crippen LogP contribution in [0.5, 0.6) is 5.75 Å². The molecule has 0 aromatic heterocycles. The number of halogens is 1. The molecule has 0 N–H and O–H groups in total. The standard InChI is InChI=1S/C16H21ClN2O5/c1-16(2,3)24-15(20)18-8-4-5-12(18)10-23-14-7-6-11(19(21)22)9-13(14)17/h6-7,9,12H,4-5,8,10H2,1-3H3/t12-/m0/s1. The van der Waals surface area contributed by atoms with E-state index in [2.05, 4.69) is 0 Å². The maximum Gasteiger partial charge on any atom is 0.410 e. The molecule has 0 bridgehead atoms. The number of carbonyl (C=O) groups excluding carboxylic acids is 1. The van der Waals surface area contributed by atoms with Crippen molar-refractivity contribution in [3.8, 4) is 5.75 Å². The van der Waals surface area contributed by atoms with Crippen LogP contribution < -0.4 is 4.74 Å². The van der Waals surface area contributed by atoms with Crippen molar-refractivity contribution in [2.24, 2.45) is 0 Å². The van der Waals surface area contributed by atoms with E-state index in [9.17, 15) is 14.9 Å². The highest BCUT2D eigenvalue weighted by Crippen LogP contribution is 2.30. The SMILES string of the molecule is CC(C)(C)OC(=O)N1CCC[C@H]1COc1ccc([N+](=O)[O-])cc1Cl. The summed E-state index contributed by atoms with van der Waals surface area (Å²) in [7, 11) is 0. The number of carbonyl (C=O) groups is 1. The molecule has 1 heterocycles. The summed E-state index contributed by atoms with van der Waals surface area (Å²) in [5.74, 6) is 0.360. The number of hydrogen-bond acceptors (Lipinski definition) is 5. The molecule has 1 aromatic carbocycles. The van der Waals surface area contributed by atoms with E-state index in [0.29, 0.717) is 12.3 Å². The molecule has 1 fully saturated rings. The second kappa shape index (κ2) is 7.25. The molecule has 0 spiro atoms. The van der Waals surface area contributed by atoms with Crippen molar-refractivity contribution in [3.05, 3.63) is 33.3 Å². The predicted octanol–water partition coefficient (Wildman–Crippen LogP) is 4.03. The Labute approximate surface area is 145 Å². The average Bonchev–Trinajstić information content (AvgIpc) is 2.92. The van der Waals surface area contributed by atoms with Crippen molar-refractivity contribution < 1.29 is 19.2 Å². The quantitative estimate of drug-likeness (QED) is 0.601. The zero-order valence-corrected chi connectivity index (χ0v) is 14.7. The van der Waals surface area contributed by atoms with E-state index in [-0.39, 0.29) is 29.5 Å². The summed E-state index contributed by atoms with van der Waals surface area (Å²) < 4.78 is 11.1. The number of ether oxygens (including phenoxy) is 2. The molecule has 1 amide bonds. The van der Waals surface area contributed by atoms with Crippen molar-refractivity contribution in [3.63, 3.8) is 0 Å². The Balaban J connectivity index is 1.98. The van der Waals surface area contributed by atoms with Gasteiger partial charge in [-0.05, 0) is 39.7 Å². The highest BCUT2D eigenvalue weighted by molar-refractivity contribution is 6.32. The fourth-order valence-corrected chi connectivity index (χ4v) is 2.71. The lowest BCUT2D eigenvalue weighted by Crippen LogP contribution is -2.42. The Morgan fingerprint density at radius 2 is 2.17 bits per heavy atom. The lowest BCUT2D eigenvalue weighted by atomic mass is 10.2. The lowest BCUT2D eigenvalue weighted by molar-refractivity contribution is -0.384. The number of nitro benzene ring substituents is 1. The summed E-state index contributed by atoms with van der Waals surface area (Å²) in [4.78, 5) is 24.1. The number of hydrogen-bond donors (Lipinski definition) is 0. The summed E-state index contributed by atoms with van der Waals surface area (Å²) in [6.07, 6.45) is 1.33. The van der Waals surface area contributed by atoms with Crippen molar-refractivity contribution in [2.45, 2.75) is 45.3 Å². The minimum absolute atomic E-state index is 0.0939. The molecular weight excluding hydrogens is 336 g/mol. The molecule has 0 aliphatic carbocycles. The molecule has 24 heavy (non-hydrogen) atoms. The highest BCUT2D eigenvalue weighted by Gasteiger charge is 2.32. The molecule has 1 aliphatic rings. The Bertz CT molecular complexity index is 629. The van der Waals surface area contributed by atoms with E-state index in [4.69, 9.17) is 21.1 Å². The molecular formula is C16H21ClN2O5.